The molecule has 0 fully saturated rings. The van der Waals surface area contributed by atoms with E-state index in [1.807, 2.05) is 18.2 Å². The van der Waals surface area contributed by atoms with E-state index in [2.05, 4.69) is 6.92 Å². The zero-order valence-corrected chi connectivity index (χ0v) is 22.0. The number of hydrogen-bond donors (Lipinski definition) is 0. The molecule has 0 bridgehead atoms. The highest BCUT2D eigenvalue weighted by atomic mass is 35.5. The summed E-state index contributed by atoms with van der Waals surface area (Å²) >= 11 is 5.99. The number of hydrogen-bond acceptors (Lipinski definition) is 4. The normalized spacial score (nSPS) is 10.8. The van der Waals surface area contributed by atoms with Crippen LogP contribution >= 0.6 is 11.6 Å². The number of ether oxygens (including phenoxy) is 2. The molecule has 0 aliphatic heterocycles. The van der Waals surface area contributed by atoms with E-state index in [0.717, 1.165) is 18.4 Å². The van der Waals surface area contributed by atoms with Crippen LogP contribution in [0.3, 0.4) is 0 Å². The third-order valence-corrected chi connectivity index (χ3v) is 6.35. The fraction of sp³-hybridized carbons (Fsp3) is 0.533. The molecule has 0 spiro atoms. The minimum absolute atomic E-state index is 0.210. The maximum Gasteiger partial charge on any atom is 0.339 e. The molecule has 192 valence electrons. The Bertz CT molecular complexity index is 880. The number of halogens is 1. The van der Waals surface area contributed by atoms with E-state index in [1.54, 1.807) is 30.3 Å². The van der Waals surface area contributed by atoms with Crippen LogP contribution in [0.25, 0.3) is 0 Å². The van der Waals surface area contributed by atoms with Gasteiger partial charge < -0.3 is 9.47 Å². The molecular weight excluding hydrogens is 460 g/mol. The van der Waals surface area contributed by atoms with Crippen LogP contribution in [0.1, 0.15) is 110 Å². The summed E-state index contributed by atoms with van der Waals surface area (Å²) in [5.74, 6) is -1.000. The molecule has 0 radical (unpaired) electrons. The van der Waals surface area contributed by atoms with Crippen molar-refractivity contribution in [1.29, 1.82) is 0 Å². The molecule has 0 N–H and O–H groups in total. The third-order valence-electron chi connectivity index (χ3n) is 6.11. The number of carbonyl (C=O) groups excluding carboxylic acids is 2. The van der Waals surface area contributed by atoms with Gasteiger partial charge in [-0.15, -0.1) is 0 Å². The molecule has 2 rings (SSSR count). The van der Waals surface area contributed by atoms with Gasteiger partial charge in [0.1, 0.15) is 0 Å². The van der Waals surface area contributed by atoms with E-state index in [9.17, 15) is 9.59 Å². The quantitative estimate of drug-likeness (QED) is 0.152. The number of esters is 2. The largest absolute Gasteiger partial charge is 0.462 e. The molecular formula is C30H41ClO4. The Morgan fingerprint density at radius 2 is 1.17 bits per heavy atom. The number of benzene rings is 2. The minimum Gasteiger partial charge on any atom is -0.462 e. The predicted molar refractivity (Wildman–Crippen MR) is 143 cm³/mol. The maximum absolute atomic E-state index is 12.6. The van der Waals surface area contributed by atoms with Crippen LogP contribution in [0.4, 0.5) is 0 Å². The van der Waals surface area contributed by atoms with E-state index in [4.69, 9.17) is 21.1 Å². The molecule has 0 atom stereocenters. The zero-order chi connectivity index (χ0) is 25.1. The van der Waals surface area contributed by atoms with Crippen molar-refractivity contribution < 1.29 is 19.1 Å². The second-order valence-corrected chi connectivity index (χ2v) is 9.52. The van der Waals surface area contributed by atoms with Crippen LogP contribution in [0.15, 0.2) is 48.5 Å². The summed E-state index contributed by atoms with van der Waals surface area (Å²) in [6, 6.07) is 14.1. The van der Waals surface area contributed by atoms with Crippen molar-refractivity contribution in [2.75, 3.05) is 13.2 Å². The SMILES string of the molecule is CCCCCCCCCCCCCCOC(=O)c1ccccc1C(=O)OCCc1cccc(Cl)c1. The summed E-state index contributed by atoms with van der Waals surface area (Å²) in [5, 5.41) is 0.648. The fourth-order valence-electron chi connectivity index (χ4n) is 4.06. The Kier molecular flexibility index (Phi) is 14.9. The van der Waals surface area contributed by atoms with Gasteiger partial charge in [0.15, 0.2) is 0 Å². The lowest BCUT2D eigenvalue weighted by atomic mass is 10.1. The van der Waals surface area contributed by atoms with Crippen molar-refractivity contribution in [1.82, 2.24) is 0 Å². The van der Waals surface area contributed by atoms with Crippen molar-refractivity contribution in [3.8, 4) is 0 Å². The van der Waals surface area contributed by atoms with Crippen molar-refractivity contribution in [2.24, 2.45) is 0 Å². The molecule has 0 aliphatic carbocycles. The molecule has 0 unspecified atom stereocenters. The van der Waals surface area contributed by atoms with Gasteiger partial charge in [0, 0.05) is 11.4 Å². The zero-order valence-electron chi connectivity index (χ0n) is 21.2. The van der Waals surface area contributed by atoms with Crippen molar-refractivity contribution in [3.63, 3.8) is 0 Å². The summed E-state index contributed by atoms with van der Waals surface area (Å²) in [6.45, 7) is 2.83. The van der Waals surface area contributed by atoms with Gasteiger partial charge in [0.2, 0.25) is 0 Å². The Balaban J connectivity index is 1.61. The molecule has 0 amide bonds. The average molecular weight is 501 g/mol. The Hall–Kier alpha value is -2.33. The summed E-state index contributed by atoms with van der Waals surface area (Å²) in [5.41, 5.74) is 1.47. The van der Waals surface area contributed by atoms with Crippen molar-refractivity contribution in [2.45, 2.75) is 90.4 Å². The van der Waals surface area contributed by atoms with Crippen molar-refractivity contribution in [3.05, 3.63) is 70.2 Å². The highest BCUT2D eigenvalue weighted by molar-refractivity contribution is 6.30. The minimum atomic E-state index is -0.523. The van der Waals surface area contributed by atoms with Gasteiger partial charge in [-0.3, -0.25) is 0 Å². The topological polar surface area (TPSA) is 52.6 Å². The van der Waals surface area contributed by atoms with E-state index < -0.39 is 11.9 Å². The molecule has 0 saturated heterocycles. The van der Waals surface area contributed by atoms with Gasteiger partial charge in [-0.2, -0.15) is 0 Å². The molecule has 4 nitrogen and oxygen atoms in total. The number of carbonyl (C=O) groups is 2. The lowest BCUT2D eigenvalue weighted by Gasteiger charge is -2.10. The maximum atomic E-state index is 12.6. The highest BCUT2D eigenvalue weighted by Crippen LogP contribution is 2.15. The summed E-state index contributed by atoms with van der Waals surface area (Å²) in [4.78, 5) is 25.1. The Morgan fingerprint density at radius 3 is 1.71 bits per heavy atom. The van der Waals surface area contributed by atoms with Crippen LogP contribution in [0, 0.1) is 0 Å². The first-order valence-corrected chi connectivity index (χ1v) is 13.7. The number of rotatable bonds is 18. The number of unbranched alkanes of at least 4 members (excludes halogenated alkanes) is 11. The van der Waals surface area contributed by atoms with Crippen LogP contribution in [-0.2, 0) is 15.9 Å². The van der Waals surface area contributed by atoms with E-state index in [0.29, 0.717) is 18.1 Å². The smallest absolute Gasteiger partial charge is 0.339 e. The molecule has 35 heavy (non-hydrogen) atoms. The monoisotopic (exact) mass is 500 g/mol. The second-order valence-electron chi connectivity index (χ2n) is 9.09. The molecule has 2 aromatic carbocycles. The second kappa shape index (κ2) is 18.0. The summed E-state index contributed by atoms with van der Waals surface area (Å²) in [7, 11) is 0. The Morgan fingerprint density at radius 1 is 0.657 bits per heavy atom. The van der Waals surface area contributed by atoms with Gasteiger partial charge in [0.25, 0.3) is 0 Å². The molecule has 0 aliphatic rings. The van der Waals surface area contributed by atoms with Gasteiger partial charge >= 0.3 is 11.9 Å². The predicted octanol–water partition coefficient (Wildman–Crippen LogP) is 8.60. The lowest BCUT2D eigenvalue weighted by Crippen LogP contribution is -2.15. The first-order valence-electron chi connectivity index (χ1n) is 13.3. The van der Waals surface area contributed by atoms with Crippen molar-refractivity contribution >= 4 is 23.5 Å². The summed E-state index contributed by atoms with van der Waals surface area (Å²) < 4.78 is 10.8. The third kappa shape index (κ3) is 12.3. The molecule has 0 aromatic heterocycles. The fourth-order valence-corrected chi connectivity index (χ4v) is 4.27. The van der Waals surface area contributed by atoms with Crippen LogP contribution in [0.2, 0.25) is 5.02 Å². The first kappa shape index (κ1) is 28.9. The molecule has 5 heteroatoms. The van der Waals surface area contributed by atoms with Crippen LogP contribution in [-0.4, -0.2) is 25.2 Å². The molecule has 0 heterocycles. The lowest BCUT2D eigenvalue weighted by molar-refractivity contribution is 0.0455. The van der Waals surface area contributed by atoms with E-state index in [1.165, 1.54) is 64.2 Å². The van der Waals surface area contributed by atoms with Crippen LogP contribution < -0.4 is 0 Å². The van der Waals surface area contributed by atoms with Gasteiger partial charge in [-0.25, -0.2) is 9.59 Å². The van der Waals surface area contributed by atoms with Gasteiger partial charge in [0.05, 0.1) is 24.3 Å². The highest BCUT2D eigenvalue weighted by Gasteiger charge is 2.18. The average Bonchev–Trinajstić information content (AvgIpc) is 2.86. The standard InChI is InChI=1S/C30H41ClO4/c1-2-3-4-5-6-7-8-9-10-11-12-15-22-34-29(32)27-19-13-14-20-28(27)30(33)35-23-21-25-17-16-18-26(31)24-25/h13-14,16-20,24H,2-12,15,21-23H2,1H3. The van der Waals surface area contributed by atoms with E-state index >= 15 is 0 Å². The van der Waals surface area contributed by atoms with Gasteiger partial charge in [-0.05, 0) is 36.2 Å². The first-order chi connectivity index (χ1) is 17.1. The molecule has 0 saturated carbocycles. The van der Waals surface area contributed by atoms with E-state index in [-0.39, 0.29) is 17.7 Å². The Labute approximate surface area is 216 Å². The molecule has 2 aromatic rings. The van der Waals surface area contributed by atoms with Gasteiger partial charge in [-0.1, -0.05) is 113 Å². The summed E-state index contributed by atoms with van der Waals surface area (Å²) in [6.07, 6.45) is 15.6. The van der Waals surface area contributed by atoms with Crippen LogP contribution in [0.5, 0.6) is 0 Å².